The zero-order valence-corrected chi connectivity index (χ0v) is 17.3. The summed E-state index contributed by atoms with van der Waals surface area (Å²) in [6, 6.07) is 10.3. The highest BCUT2D eigenvalue weighted by Crippen LogP contribution is 2.24. The maximum atomic E-state index is 12.5. The van der Waals surface area contributed by atoms with Crippen molar-refractivity contribution in [2.24, 2.45) is 0 Å². The molecule has 3 rings (SSSR count). The topological polar surface area (TPSA) is 92.3 Å². The van der Waals surface area contributed by atoms with Gasteiger partial charge in [-0.15, -0.1) is 11.3 Å². The van der Waals surface area contributed by atoms with E-state index in [2.05, 4.69) is 15.3 Å². The van der Waals surface area contributed by atoms with Crippen LogP contribution in [0.3, 0.4) is 0 Å². The number of carbonyl (C=O) groups excluding carboxylic acids is 1. The summed E-state index contributed by atoms with van der Waals surface area (Å²) in [5.41, 5.74) is 2.64. The van der Waals surface area contributed by atoms with Crippen LogP contribution in [-0.2, 0) is 21.2 Å². The number of nitrogens with zero attached hydrogens (tertiary/aromatic N) is 3. The quantitative estimate of drug-likeness (QED) is 0.667. The molecule has 0 atom stereocenters. The van der Waals surface area contributed by atoms with Crippen LogP contribution < -0.4 is 5.32 Å². The number of hydrogen-bond donors (Lipinski definition) is 1. The van der Waals surface area contributed by atoms with Crippen LogP contribution >= 0.6 is 11.3 Å². The van der Waals surface area contributed by atoms with Crippen molar-refractivity contribution >= 4 is 33.0 Å². The molecule has 9 heteroatoms. The fourth-order valence-electron chi connectivity index (χ4n) is 2.46. The number of thiazole rings is 1. The first-order valence-electron chi connectivity index (χ1n) is 8.46. The number of amides is 1. The molecule has 0 aliphatic rings. The van der Waals surface area contributed by atoms with Crippen molar-refractivity contribution in [3.63, 3.8) is 0 Å². The van der Waals surface area contributed by atoms with Crippen molar-refractivity contribution in [1.82, 2.24) is 14.3 Å². The molecule has 0 aliphatic heterocycles. The Kier molecular flexibility index (Phi) is 5.87. The van der Waals surface area contributed by atoms with E-state index in [1.165, 1.54) is 37.6 Å². The molecule has 2 aromatic heterocycles. The number of pyridine rings is 1. The van der Waals surface area contributed by atoms with Gasteiger partial charge in [-0.2, -0.15) is 0 Å². The number of anilines is 1. The van der Waals surface area contributed by atoms with Gasteiger partial charge in [0, 0.05) is 31.4 Å². The Balaban J connectivity index is 1.74. The average Bonchev–Trinajstić information content (AvgIpc) is 3.12. The highest BCUT2D eigenvalue weighted by Gasteiger charge is 2.19. The van der Waals surface area contributed by atoms with E-state index in [0.29, 0.717) is 11.4 Å². The molecular formula is C19H20N4O3S2. The van der Waals surface area contributed by atoms with Crippen LogP contribution in [0.1, 0.15) is 11.3 Å². The Hall–Kier alpha value is -2.62. The molecule has 3 aromatic rings. The third-order valence-corrected chi connectivity index (χ3v) is 6.76. The Morgan fingerprint density at radius 3 is 2.68 bits per heavy atom. The third kappa shape index (κ3) is 4.44. The fraction of sp³-hybridized carbons (Fsp3) is 0.211. The lowest BCUT2D eigenvalue weighted by molar-refractivity contribution is -0.115. The van der Waals surface area contributed by atoms with E-state index in [1.807, 2.05) is 30.5 Å². The van der Waals surface area contributed by atoms with E-state index < -0.39 is 10.0 Å². The first-order chi connectivity index (χ1) is 13.3. The number of nitrogens with one attached hydrogen (secondary N) is 1. The van der Waals surface area contributed by atoms with Crippen LogP contribution in [-0.4, -0.2) is 42.7 Å². The summed E-state index contributed by atoms with van der Waals surface area (Å²) < 4.78 is 25.8. The maximum Gasteiger partial charge on any atom is 0.242 e. The fourth-order valence-corrected chi connectivity index (χ4v) is 4.18. The molecule has 1 amide bonds. The van der Waals surface area contributed by atoms with E-state index in [0.717, 1.165) is 20.6 Å². The summed E-state index contributed by atoms with van der Waals surface area (Å²) in [6.45, 7) is 1.81. The summed E-state index contributed by atoms with van der Waals surface area (Å²) in [4.78, 5) is 21.3. The molecule has 0 unspecified atom stereocenters. The molecule has 0 bridgehead atoms. The van der Waals surface area contributed by atoms with Gasteiger partial charge in [-0.1, -0.05) is 12.1 Å². The normalized spacial score (nSPS) is 11.6. The molecule has 1 N–H and O–H groups in total. The molecular weight excluding hydrogens is 396 g/mol. The summed E-state index contributed by atoms with van der Waals surface area (Å²) in [6.07, 6.45) is 1.79. The second kappa shape index (κ2) is 8.17. The summed E-state index contributed by atoms with van der Waals surface area (Å²) in [5, 5.41) is 5.36. The predicted molar refractivity (Wildman–Crippen MR) is 110 cm³/mol. The van der Waals surface area contributed by atoms with Crippen molar-refractivity contribution in [2.45, 2.75) is 18.2 Å². The first-order valence-corrected chi connectivity index (χ1v) is 10.8. The van der Waals surface area contributed by atoms with Gasteiger partial charge in [0.2, 0.25) is 15.9 Å². The molecule has 0 radical (unpaired) electrons. The molecule has 28 heavy (non-hydrogen) atoms. The second-order valence-electron chi connectivity index (χ2n) is 6.35. The summed E-state index contributed by atoms with van der Waals surface area (Å²) in [5.74, 6) is -0.264. The SMILES string of the molecule is Cc1ccc(S(=O)(=O)N(C)C)cc1NC(=O)Cc1csc(-c2ccccn2)n1. The molecule has 146 valence electrons. The minimum Gasteiger partial charge on any atom is -0.325 e. The van der Waals surface area contributed by atoms with Gasteiger partial charge in [-0.25, -0.2) is 17.7 Å². The van der Waals surface area contributed by atoms with E-state index in [9.17, 15) is 13.2 Å². The van der Waals surface area contributed by atoms with E-state index in [4.69, 9.17) is 0 Å². The number of carbonyl (C=O) groups is 1. The van der Waals surface area contributed by atoms with Crippen LogP contribution in [0.25, 0.3) is 10.7 Å². The minimum absolute atomic E-state index is 0.0907. The molecule has 0 saturated heterocycles. The minimum atomic E-state index is -3.57. The van der Waals surface area contributed by atoms with Crippen molar-refractivity contribution in [2.75, 3.05) is 19.4 Å². The predicted octanol–water partition coefficient (Wildman–Crippen LogP) is 2.95. The lowest BCUT2D eigenvalue weighted by Crippen LogP contribution is -2.22. The molecule has 0 aliphatic carbocycles. The Labute approximate surface area is 168 Å². The third-order valence-electron chi connectivity index (χ3n) is 4.04. The van der Waals surface area contributed by atoms with Crippen molar-refractivity contribution in [3.05, 3.63) is 59.2 Å². The van der Waals surface area contributed by atoms with Gasteiger partial charge < -0.3 is 5.32 Å². The van der Waals surface area contributed by atoms with E-state index >= 15 is 0 Å². The second-order valence-corrected chi connectivity index (χ2v) is 9.36. The zero-order valence-electron chi connectivity index (χ0n) is 15.7. The number of hydrogen-bond acceptors (Lipinski definition) is 6. The van der Waals surface area contributed by atoms with E-state index in [-0.39, 0.29) is 17.2 Å². The van der Waals surface area contributed by atoms with Crippen molar-refractivity contribution in [3.8, 4) is 10.7 Å². The first kappa shape index (κ1) is 20.1. The van der Waals surface area contributed by atoms with Gasteiger partial charge in [0.15, 0.2) is 0 Å². The summed E-state index contributed by atoms with van der Waals surface area (Å²) in [7, 11) is -0.639. The summed E-state index contributed by atoms with van der Waals surface area (Å²) >= 11 is 1.42. The van der Waals surface area contributed by atoms with Gasteiger partial charge in [0.05, 0.1) is 22.7 Å². The zero-order chi connectivity index (χ0) is 20.3. The van der Waals surface area contributed by atoms with Gasteiger partial charge in [-0.3, -0.25) is 9.78 Å². The molecule has 7 nitrogen and oxygen atoms in total. The maximum absolute atomic E-state index is 12.5. The number of rotatable bonds is 6. The molecule has 1 aromatic carbocycles. The van der Waals surface area contributed by atoms with Crippen molar-refractivity contribution in [1.29, 1.82) is 0 Å². The standard InChI is InChI=1S/C19H20N4O3S2/c1-13-7-8-15(28(25,26)23(2)3)11-17(13)22-18(24)10-14-12-27-19(21-14)16-6-4-5-9-20-16/h4-9,11-12H,10H2,1-3H3,(H,22,24). The van der Waals surface area contributed by atoms with Crippen LogP contribution in [0.15, 0.2) is 52.9 Å². The molecule has 2 heterocycles. The molecule has 0 spiro atoms. The Morgan fingerprint density at radius 1 is 1.21 bits per heavy atom. The van der Waals surface area contributed by atoms with Gasteiger partial charge >= 0.3 is 0 Å². The van der Waals surface area contributed by atoms with Gasteiger partial charge in [-0.05, 0) is 36.8 Å². The Morgan fingerprint density at radius 2 is 2.00 bits per heavy atom. The van der Waals surface area contributed by atoms with Crippen LogP contribution in [0.2, 0.25) is 0 Å². The molecule has 0 saturated carbocycles. The highest BCUT2D eigenvalue weighted by molar-refractivity contribution is 7.89. The smallest absolute Gasteiger partial charge is 0.242 e. The number of aromatic nitrogens is 2. The van der Waals surface area contributed by atoms with Crippen LogP contribution in [0.5, 0.6) is 0 Å². The average molecular weight is 417 g/mol. The van der Waals surface area contributed by atoms with Gasteiger partial charge in [0.1, 0.15) is 5.01 Å². The largest absolute Gasteiger partial charge is 0.325 e. The number of benzene rings is 1. The monoisotopic (exact) mass is 416 g/mol. The van der Waals surface area contributed by atoms with Crippen LogP contribution in [0.4, 0.5) is 5.69 Å². The lowest BCUT2D eigenvalue weighted by Gasteiger charge is -2.14. The van der Waals surface area contributed by atoms with Gasteiger partial charge in [0.25, 0.3) is 0 Å². The molecule has 0 fully saturated rings. The van der Waals surface area contributed by atoms with E-state index in [1.54, 1.807) is 12.3 Å². The highest BCUT2D eigenvalue weighted by atomic mass is 32.2. The number of aryl methyl sites for hydroxylation is 1. The number of sulfonamides is 1. The lowest BCUT2D eigenvalue weighted by atomic mass is 10.2. The van der Waals surface area contributed by atoms with Crippen molar-refractivity contribution < 1.29 is 13.2 Å². The Bertz CT molecular complexity index is 1090. The van der Waals surface area contributed by atoms with Crippen LogP contribution in [0, 0.1) is 6.92 Å².